The highest BCUT2D eigenvalue weighted by atomic mass is 32.2. The largest absolute Gasteiger partial charge is 0.354 e. The Kier molecular flexibility index (Phi) is 5.97. The summed E-state index contributed by atoms with van der Waals surface area (Å²) in [4.78, 5) is 4.81. The first kappa shape index (κ1) is 24.3. The first-order chi connectivity index (χ1) is 16.5. The van der Waals surface area contributed by atoms with Crippen LogP contribution >= 0.6 is 0 Å². The van der Waals surface area contributed by atoms with Crippen molar-refractivity contribution in [3.8, 4) is 0 Å². The number of aromatic nitrogens is 1. The highest BCUT2D eigenvalue weighted by Gasteiger charge is 2.53. The zero-order valence-electron chi connectivity index (χ0n) is 21.2. The van der Waals surface area contributed by atoms with E-state index < -0.39 is 21.6 Å². The van der Waals surface area contributed by atoms with Crippen LogP contribution in [0, 0.1) is 0 Å². The lowest BCUT2D eigenvalue weighted by atomic mass is 9.78. The fourth-order valence-electron chi connectivity index (χ4n) is 6.01. The molecule has 1 aromatic heterocycles. The Labute approximate surface area is 208 Å². The molecule has 1 aliphatic carbocycles. The number of nitrogens with zero attached hydrogens (tertiary/aromatic N) is 3. The van der Waals surface area contributed by atoms with Gasteiger partial charge >= 0.3 is 0 Å². The van der Waals surface area contributed by atoms with Gasteiger partial charge in [0.2, 0.25) is 0 Å². The molecule has 8 heteroatoms. The van der Waals surface area contributed by atoms with Crippen molar-refractivity contribution in [1.29, 1.82) is 0 Å². The van der Waals surface area contributed by atoms with Gasteiger partial charge in [0.25, 0.3) is 10.1 Å². The number of para-hydroxylation sites is 1. The molecular formula is C27H35N3O4S. The van der Waals surface area contributed by atoms with E-state index >= 15 is 0 Å². The predicted octanol–water partition coefficient (Wildman–Crippen LogP) is 4.11. The summed E-state index contributed by atoms with van der Waals surface area (Å²) in [6.45, 7) is 13.1. The Morgan fingerprint density at radius 2 is 1.69 bits per heavy atom. The van der Waals surface area contributed by atoms with Gasteiger partial charge in [0.15, 0.2) is 11.4 Å². The smallest absolute Gasteiger partial charge is 0.264 e. The van der Waals surface area contributed by atoms with Gasteiger partial charge in [0, 0.05) is 43.6 Å². The average Bonchev–Trinajstić information content (AvgIpc) is 3.30. The van der Waals surface area contributed by atoms with Gasteiger partial charge in [-0.05, 0) is 35.2 Å². The van der Waals surface area contributed by atoms with E-state index in [1.54, 1.807) is 0 Å². The zero-order chi connectivity index (χ0) is 25.0. The highest BCUT2D eigenvalue weighted by molar-refractivity contribution is 7.86. The second-order valence-electron chi connectivity index (χ2n) is 11.1. The standard InChI is InChI=1S/C27H35N3O4S/c1-26(2)21-11-10-19(18-22(21)27(3,4)25(26)34-35(5,31)32)12-13-29-14-16-30(17-15-29)24-20-8-6-7-9-23(20)33-28-24/h6-11,18,25H,12-17H2,1-5H3. The van der Waals surface area contributed by atoms with Crippen molar-refractivity contribution in [1.82, 2.24) is 10.1 Å². The molecule has 2 heterocycles. The van der Waals surface area contributed by atoms with Crippen molar-refractivity contribution in [2.45, 2.75) is 51.0 Å². The lowest BCUT2D eigenvalue weighted by Crippen LogP contribution is -2.47. The molecule has 3 aromatic rings. The van der Waals surface area contributed by atoms with Gasteiger partial charge in [-0.2, -0.15) is 8.42 Å². The molecule has 5 rings (SSSR count). The van der Waals surface area contributed by atoms with E-state index in [9.17, 15) is 8.42 Å². The van der Waals surface area contributed by atoms with Crippen LogP contribution in [0.1, 0.15) is 44.4 Å². The van der Waals surface area contributed by atoms with E-state index in [1.165, 1.54) is 16.7 Å². The Balaban J connectivity index is 1.24. The summed E-state index contributed by atoms with van der Waals surface area (Å²) >= 11 is 0. The topological polar surface area (TPSA) is 75.9 Å². The summed E-state index contributed by atoms with van der Waals surface area (Å²) in [5.74, 6) is 0.939. The van der Waals surface area contributed by atoms with E-state index in [1.807, 2.05) is 18.2 Å². The maximum absolute atomic E-state index is 12.0. The van der Waals surface area contributed by atoms with Crippen LogP contribution in [0.25, 0.3) is 11.0 Å². The molecule has 0 amide bonds. The third-order valence-corrected chi connectivity index (χ3v) is 8.34. The molecule has 1 unspecified atom stereocenters. The van der Waals surface area contributed by atoms with Crippen LogP contribution in [-0.4, -0.2) is 63.6 Å². The first-order valence-electron chi connectivity index (χ1n) is 12.3. The Bertz CT molecular complexity index is 1340. The molecule has 35 heavy (non-hydrogen) atoms. The molecule has 0 radical (unpaired) electrons. The van der Waals surface area contributed by atoms with Crippen LogP contribution in [0.15, 0.2) is 47.0 Å². The van der Waals surface area contributed by atoms with E-state index in [2.05, 4.69) is 66.9 Å². The molecule has 0 saturated carbocycles. The number of hydrogen-bond acceptors (Lipinski definition) is 7. The third kappa shape index (κ3) is 4.47. The molecule has 1 aliphatic heterocycles. The van der Waals surface area contributed by atoms with Crippen LogP contribution in [0.2, 0.25) is 0 Å². The van der Waals surface area contributed by atoms with Gasteiger partial charge in [0.05, 0.1) is 17.7 Å². The van der Waals surface area contributed by atoms with Crippen LogP contribution < -0.4 is 4.90 Å². The molecule has 2 aromatic carbocycles. The van der Waals surface area contributed by atoms with Crippen LogP contribution in [0.5, 0.6) is 0 Å². The number of rotatable bonds is 6. The van der Waals surface area contributed by atoms with Gasteiger partial charge in [-0.25, -0.2) is 0 Å². The summed E-state index contributed by atoms with van der Waals surface area (Å²) in [6.07, 6.45) is 1.66. The summed E-state index contributed by atoms with van der Waals surface area (Å²) in [6, 6.07) is 14.6. The van der Waals surface area contributed by atoms with E-state index in [-0.39, 0.29) is 5.41 Å². The van der Waals surface area contributed by atoms with Gasteiger partial charge in [-0.1, -0.05) is 63.2 Å². The lowest BCUT2D eigenvalue weighted by Gasteiger charge is -2.35. The van der Waals surface area contributed by atoms with Gasteiger partial charge in [0.1, 0.15) is 0 Å². The SMILES string of the molecule is CC1(C)c2ccc(CCN3CCN(c4noc5ccccc45)CC3)cc2C(C)(C)C1OS(C)(=O)=O. The minimum absolute atomic E-state index is 0.387. The van der Waals surface area contributed by atoms with Crippen molar-refractivity contribution in [3.63, 3.8) is 0 Å². The molecular weight excluding hydrogens is 462 g/mol. The van der Waals surface area contributed by atoms with Crippen LogP contribution in [-0.2, 0) is 31.6 Å². The molecule has 188 valence electrons. The number of hydrogen-bond donors (Lipinski definition) is 0. The van der Waals surface area contributed by atoms with E-state index in [0.29, 0.717) is 0 Å². The molecule has 7 nitrogen and oxygen atoms in total. The quantitative estimate of drug-likeness (QED) is 0.475. The van der Waals surface area contributed by atoms with E-state index in [4.69, 9.17) is 8.71 Å². The van der Waals surface area contributed by atoms with Crippen LogP contribution in [0.4, 0.5) is 5.82 Å². The molecule has 0 N–H and O–H groups in total. The summed E-state index contributed by atoms with van der Waals surface area (Å²) in [5, 5.41) is 5.38. The van der Waals surface area contributed by atoms with Crippen molar-refractivity contribution < 1.29 is 17.1 Å². The number of benzene rings is 2. The van der Waals surface area contributed by atoms with Crippen molar-refractivity contribution >= 4 is 26.9 Å². The Hall–Kier alpha value is -2.42. The van der Waals surface area contributed by atoms with Crippen LogP contribution in [0.3, 0.4) is 0 Å². The molecule has 1 saturated heterocycles. The minimum Gasteiger partial charge on any atom is -0.354 e. The molecule has 0 bridgehead atoms. The Morgan fingerprint density at radius 3 is 2.40 bits per heavy atom. The van der Waals surface area contributed by atoms with Crippen molar-refractivity contribution in [3.05, 3.63) is 59.2 Å². The van der Waals surface area contributed by atoms with E-state index in [0.717, 1.165) is 62.2 Å². The Morgan fingerprint density at radius 1 is 1.00 bits per heavy atom. The predicted molar refractivity (Wildman–Crippen MR) is 139 cm³/mol. The summed E-state index contributed by atoms with van der Waals surface area (Å²) in [5.41, 5.74) is 3.69. The number of fused-ring (bicyclic) bond motifs is 2. The normalized spacial score (nSPS) is 22.0. The van der Waals surface area contributed by atoms with Gasteiger partial charge in [-0.15, -0.1) is 0 Å². The van der Waals surface area contributed by atoms with Crippen molar-refractivity contribution in [2.75, 3.05) is 43.9 Å². The summed E-state index contributed by atoms with van der Waals surface area (Å²) < 4.78 is 35.1. The second-order valence-corrected chi connectivity index (χ2v) is 12.7. The maximum atomic E-state index is 12.0. The molecule has 1 atom stereocenters. The summed E-state index contributed by atoms with van der Waals surface area (Å²) in [7, 11) is -3.56. The fraction of sp³-hybridized carbons (Fsp3) is 0.519. The minimum atomic E-state index is -3.56. The molecule has 0 spiro atoms. The molecule has 1 fully saturated rings. The highest BCUT2D eigenvalue weighted by Crippen LogP contribution is 2.51. The molecule has 2 aliphatic rings. The fourth-order valence-corrected chi connectivity index (χ4v) is 6.84. The lowest BCUT2D eigenvalue weighted by molar-refractivity contribution is 0.0882. The number of anilines is 1. The first-order valence-corrected chi connectivity index (χ1v) is 14.1. The second kappa shape index (κ2) is 8.61. The van der Waals surface area contributed by atoms with Gasteiger partial charge in [-0.3, -0.25) is 9.08 Å². The average molecular weight is 498 g/mol. The monoisotopic (exact) mass is 497 g/mol. The zero-order valence-corrected chi connectivity index (χ0v) is 22.1. The third-order valence-electron chi connectivity index (χ3n) is 7.80. The van der Waals surface area contributed by atoms with Crippen molar-refractivity contribution in [2.24, 2.45) is 0 Å². The van der Waals surface area contributed by atoms with Gasteiger partial charge < -0.3 is 9.42 Å². The number of piperazine rings is 1. The maximum Gasteiger partial charge on any atom is 0.264 e.